The maximum Gasteiger partial charge on any atom is 0.407 e. The standard InChI is InChI=1S/C25H30N2O5/c1-3-4-9-17(14-23(28)29)27-24(30)16(2)26-25(31)32-15-22-20-12-7-5-10-18(20)19-11-6-8-13-21(19)22/h5-8,10-13,16-17,22H,3-4,9,14-15H2,1-2H3,(H,26,31)(H,27,30)(H,28,29)/t16?,17-/m1/s1. The highest BCUT2D eigenvalue weighted by molar-refractivity contribution is 5.86. The lowest BCUT2D eigenvalue weighted by molar-refractivity contribution is -0.137. The summed E-state index contributed by atoms with van der Waals surface area (Å²) in [6, 6.07) is 14.8. The SMILES string of the molecule is CCCC[C@H](CC(=O)O)NC(=O)C(C)NC(=O)OCC1c2ccccc2-c2ccccc21. The normalized spacial score (nSPS) is 14.1. The Morgan fingerprint density at radius 3 is 2.16 bits per heavy atom. The lowest BCUT2D eigenvalue weighted by Gasteiger charge is -2.21. The largest absolute Gasteiger partial charge is 0.481 e. The summed E-state index contributed by atoms with van der Waals surface area (Å²) in [5, 5.41) is 14.3. The Balaban J connectivity index is 1.55. The van der Waals surface area contributed by atoms with Crippen LogP contribution in [0.1, 0.15) is 56.6 Å². The molecule has 2 aromatic rings. The van der Waals surface area contributed by atoms with Crippen LogP contribution in [0, 0.1) is 0 Å². The van der Waals surface area contributed by atoms with E-state index in [1.807, 2.05) is 43.3 Å². The third-order valence-electron chi connectivity index (χ3n) is 5.74. The summed E-state index contributed by atoms with van der Waals surface area (Å²) in [7, 11) is 0. The van der Waals surface area contributed by atoms with E-state index in [0.717, 1.165) is 35.1 Å². The summed E-state index contributed by atoms with van der Waals surface area (Å²) < 4.78 is 5.47. The van der Waals surface area contributed by atoms with Gasteiger partial charge >= 0.3 is 12.1 Å². The van der Waals surface area contributed by atoms with Gasteiger partial charge < -0.3 is 20.5 Å². The minimum Gasteiger partial charge on any atom is -0.481 e. The van der Waals surface area contributed by atoms with E-state index in [-0.39, 0.29) is 18.9 Å². The Labute approximate surface area is 188 Å². The molecule has 0 aromatic heterocycles. The van der Waals surface area contributed by atoms with Gasteiger partial charge in [-0.1, -0.05) is 68.3 Å². The van der Waals surface area contributed by atoms with Gasteiger partial charge in [-0.05, 0) is 35.6 Å². The quantitative estimate of drug-likeness (QED) is 0.519. The molecule has 0 saturated carbocycles. The van der Waals surface area contributed by atoms with E-state index in [9.17, 15) is 14.4 Å². The Hall–Kier alpha value is -3.35. The molecule has 7 heteroatoms. The third-order valence-corrected chi connectivity index (χ3v) is 5.74. The lowest BCUT2D eigenvalue weighted by atomic mass is 9.98. The van der Waals surface area contributed by atoms with E-state index in [0.29, 0.717) is 6.42 Å². The van der Waals surface area contributed by atoms with Crippen molar-refractivity contribution in [3.8, 4) is 11.1 Å². The minimum absolute atomic E-state index is 0.0636. The van der Waals surface area contributed by atoms with E-state index in [1.165, 1.54) is 0 Å². The average molecular weight is 439 g/mol. The molecule has 2 aromatic carbocycles. The number of unbranched alkanes of at least 4 members (excludes halogenated alkanes) is 1. The van der Waals surface area contributed by atoms with Crippen molar-refractivity contribution >= 4 is 18.0 Å². The Kier molecular flexibility index (Phi) is 7.87. The molecule has 32 heavy (non-hydrogen) atoms. The second-order valence-electron chi connectivity index (χ2n) is 8.14. The molecule has 1 aliphatic rings. The van der Waals surface area contributed by atoms with Crippen LogP contribution in [0.25, 0.3) is 11.1 Å². The first-order chi connectivity index (χ1) is 15.4. The van der Waals surface area contributed by atoms with Gasteiger partial charge in [0, 0.05) is 12.0 Å². The predicted octanol–water partition coefficient (Wildman–Crippen LogP) is 4.06. The van der Waals surface area contributed by atoms with Crippen molar-refractivity contribution in [3.63, 3.8) is 0 Å². The number of carbonyl (C=O) groups is 3. The lowest BCUT2D eigenvalue weighted by Crippen LogP contribution is -2.48. The molecule has 0 saturated heterocycles. The molecule has 0 spiro atoms. The highest BCUT2D eigenvalue weighted by Gasteiger charge is 2.29. The molecule has 7 nitrogen and oxygen atoms in total. The van der Waals surface area contributed by atoms with E-state index >= 15 is 0 Å². The second-order valence-corrected chi connectivity index (χ2v) is 8.14. The molecule has 3 N–H and O–H groups in total. The molecule has 1 aliphatic carbocycles. The van der Waals surface area contributed by atoms with Crippen LogP contribution < -0.4 is 10.6 Å². The smallest absolute Gasteiger partial charge is 0.407 e. The van der Waals surface area contributed by atoms with Crippen molar-refractivity contribution in [2.24, 2.45) is 0 Å². The number of amides is 2. The topological polar surface area (TPSA) is 105 Å². The number of aliphatic carboxylic acids is 1. The van der Waals surface area contributed by atoms with E-state index in [4.69, 9.17) is 9.84 Å². The Morgan fingerprint density at radius 1 is 1.00 bits per heavy atom. The van der Waals surface area contributed by atoms with Crippen LogP contribution in [0.5, 0.6) is 0 Å². The van der Waals surface area contributed by atoms with Gasteiger partial charge in [-0.15, -0.1) is 0 Å². The molecule has 170 valence electrons. The number of ether oxygens (including phenoxy) is 1. The van der Waals surface area contributed by atoms with Crippen molar-refractivity contribution in [2.75, 3.05) is 6.61 Å². The highest BCUT2D eigenvalue weighted by atomic mass is 16.5. The zero-order chi connectivity index (χ0) is 23.1. The molecule has 0 radical (unpaired) electrons. The number of nitrogens with one attached hydrogen (secondary N) is 2. The van der Waals surface area contributed by atoms with Crippen molar-refractivity contribution in [1.29, 1.82) is 0 Å². The van der Waals surface area contributed by atoms with Gasteiger partial charge in [-0.25, -0.2) is 4.79 Å². The number of carboxylic acids is 1. The van der Waals surface area contributed by atoms with Gasteiger partial charge in [0.1, 0.15) is 12.6 Å². The Morgan fingerprint density at radius 2 is 1.59 bits per heavy atom. The van der Waals surface area contributed by atoms with Gasteiger partial charge in [0.2, 0.25) is 5.91 Å². The van der Waals surface area contributed by atoms with Gasteiger partial charge in [0.15, 0.2) is 0 Å². The van der Waals surface area contributed by atoms with Crippen LogP contribution in [0.4, 0.5) is 4.79 Å². The van der Waals surface area contributed by atoms with Crippen LogP contribution in [0.2, 0.25) is 0 Å². The summed E-state index contributed by atoms with van der Waals surface area (Å²) >= 11 is 0. The minimum atomic E-state index is -0.969. The summed E-state index contributed by atoms with van der Waals surface area (Å²) in [6.45, 7) is 3.71. The van der Waals surface area contributed by atoms with Crippen molar-refractivity contribution in [3.05, 3.63) is 59.7 Å². The van der Waals surface area contributed by atoms with Crippen LogP contribution in [0.15, 0.2) is 48.5 Å². The maximum absolute atomic E-state index is 12.4. The number of carboxylic acid groups (broad SMARTS) is 1. The van der Waals surface area contributed by atoms with Crippen LogP contribution in [-0.4, -0.2) is 41.8 Å². The molecule has 0 fully saturated rings. The zero-order valence-electron chi connectivity index (χ0n) is 18.5. The Bertz CT molecular complexity index is 929. The number of hydrogen-bond donors (Lipinski definition) is 3. The highest BCUT2D eigenvalue weighted by Crippen LogP contribution is 2.44. The maximum atomic E-state index is 12.4. The van der Waals surface area contributed by atoms with Gasteiger partial charge in [-0.2, -0.15) is 0 Å². The molecule has 3 rings (SSSR count). The first-order valence-corrected chi connectivity index (χ1v) is 11.0. The fourth-order valence-electron chi connectivity index (χ4n) is 4.10. The van der Waals surface area contributed by atoms with E-state index in [1.54, 1.807) is 6.92 Å². The van der Waals surface area contributed by atoms with Crippen molar-refractivity contribution < 1.29 is 24.2 Å². The number of benzene rings is 2. The third kappa shape index (κ3) is 5.66. The molecule has 0 aliphatic heterocycles. The summed E-state index contributed by atoms with van der Waals surface area (Å²) in [6.07, 6.45) is 1.46. The molecular weight excluding hydrogens is 408 g/mol. The van der Waals surface area contributed by atoms with Crippen LogP contribution in [0.3, 0.4) is 0 Å². The number of carbonyl (C=O) groups excluding carboxylic acids is 2. The molecule has 0 bridgehead atoms. The first-order valence-electron chi connectivity index (χ1n) is 11.0. The van der Waals surface area contributed by atoms with Gasteiger partial charge in [0.05, 0.1) is 6.42 Å². The fourth-order valence-corrected chi connectivity index (χ4v) is 4.10. The molecular formula is C25H30N2O5. The zero-order valence-corrected chi connectivity index (χ0v) is 18.5. The summed E-state index contributed by atoms with van der Waals surface area (Å²) in [4.78, 5) is 35.9. The summed E-state index contributed by atoms with van der Waals surface area (Å²) in [5.41, 5.74) is 4.50. The molecule has 2 atom stereocenters. The molecule has 1 unspecified atom stereocenters. The monoisotopic (exact) mass is 438 g/mol. The predicted molar refractivity (Wildman–Crippen MR) is 121 cm³/mol. The second kappa shape index (κ2) is 10.8. The average Bonchev–Trinajstić information content (AvgIpc) is 3.09. The van der Waals surface area contributed by atoms with E-state index in [2.05, 4.69) is 22.8 Å². The number of alkyl carbamates (subject to hydrolysis) is 1. The fraction of sp³-hybridized carbons (Fsp3) is 0.400. The number of fused-ring (bicyclic) bond motifs is 3. The summed E-state index contributed by atoms with van der Waals surface area (Å²) in [5.74, 6) is -1.46. The van der Waals surface area contributed by atoms with Crippen LogP contribution >= 0.6 is 0 Å². The number of rotatable bonds is 10. The van der Waals surface area contributed by atoms with Crippen molar-refractivity contribution in [1.82, 2.24) is 10.6 Å². The van der Waals surface area contributed by atoms with E-state index < -0.39 is 30.1 Å². The number of hydrogen-bond acceptors (Lipinski definition) is 4. The van der Waals surface area contributed by atoms with Crippen molar-refractivity contribution in [2.45, 2.75) is 57.5 Å². The van der Waals surface area contributed by atoms with Gasteiger partial charge in [-0.3, -0.25) is 9.59 Å². The molecule has 2 amide bonds. The van der Waals surface area contributed by atoms with Crippen LogP contribution in [-0.2, 0) is 14.3 Å². The molecule has 0 heterocycles. The first kappa shape index (κ1) is 23.3. The van der Waals surface area contributed by atoms with Gasteiger partial charge in [0.25, 0.3) is 0 Å².